The molecule has 0 aromatic heterocycles. The number of ether oxygens (including phenoxy) is 1. The van der Waals surface area contributed by atoms with Crippen LogP contribution >= 0.6 is 0 Å². The number of amides is 2. The summed E-state index contributed by atoms with van der Waals surface area (Å²) in [6.45, 7) is 10.4. The standard InChI is InChI=1S/C33H41N5O3/c1-6-23(2)36-17-19-37(20-18-36)33(40)26-9-11-27(12-10-26)34-28-13-16-30-31(21-28)38(24(3)32(39)35(30)4)22-25-7-14-29(41-5)15-8-25/h7-16,21,23-24,34H,6,17-20,22H2,1-5H3. The number of likely N-dealkylation sites (N-methyl/N-ethyl adjacent to an activating group) is 1. The molecule has 41 heavy (non-hydrogen) atoms. The molecule has 8 nitrogen and oxygen atoms in total. The molecular weight excluding hydrogens is 514 g/mol. The highest BCUT2D eigenvalue weighted by Gasteiger charge is 2.33. The third-order valence-electron chi connectivity index (χ3n) is 8.55. The van der Waals surface area contributed by atoms with E-state index in [2.05, 4.69) is 35.0 Å². The molecule has 3 aromatic carbocycles. The second kappa shape index (κ2) is 12.2. The van der Waals surface area contributed by atoms with Crippen LogP contribution in [0, 0.1) is 0 Å². The van der Waals surface area contributed by atoms with Crippen LogP contribution in [0.2, 0.25) is 0 Å². The van der Waals surface area contributed by atoms with Crippen molar-refractivity contribution in [1.82, 2.24) is 9.80 Å². The normalized spacial score (nSPS) is 18.2. The van der Waals surface area contributed by atoms with E-state index in [0.29, 0.717) is 18.2 Å². The van der Waals surface area contributed by atoms with E-state index in [9.17, 15) is 9.59 Å². The van der Waals surface area contributed by atoms with Gasteiger partial charge in [0.2, 0.25) is 5.91 Å². The van der Waals surface area contributed by atoms with Gasteiger partial charge in [-0.25, -0.2) is 0 Å². The molecule has 0 saturated carbocycles. The zero-order valence-electron chi connectivity index (χ0n) is 24.8. The summed E-state index contributed by atoms with van der Waals surface area (Å²) in [7, 11) is 3.48. The van der Waals surface area contributed by atoms with Crippen molar-refractivity contribution >= 4 is 34.6 Å². The van der Waals surface area contributed by atoms with Gasteiger partial charge in [-0.3, -0.25) is 14.5 Å². The number of carbonyl (C=O) groups excluding carboxylic acids is 2. The Hall–Kier alpha value is -4.04. The van der Waals surface area contributed by atoms with E-state index >= 15 is 0 Å². The summed E-state index contributed by atoms with van der Waals surface area (Å²) in [5, 5.41) is 3.49. The average molecular weight is 556 g/mol. The van der Waals surface area contributed by atoms with Crippen molar-refractivity contribution in [2.45, 2.75) is 45.8 Å². The minimum atomic E-state index is -0.304. The van der Waals surface area contributed by atoms with Gasteiger partial charge >= 0.3 is 0 Å². The number of nitrogens with zero attached hydrogens (tertiary/aromatic N) is 4. The Morgan fingerprint density at radius 1 is 0.951 bits per heavy atom. The van der Waals surface area contributed by atoms with Crippen molar-refractivity contribution in [2.24, 2.45) is 0 Å². The van der Waals surface area contributed by atoms with Gasteiger partial charge in [-0.2, -0.15) is 0 Å². The highest BCUT2D eigenvalue weighted by molar-refractivity contribution is 6.05. The quantitative estimate of drug-likeness (QED) is 0.403. The Morgan fingerprint density at radius 3 is 2.24 bits per heavy atom. The van der Waals surface area contributed by atoms with Crippen molar-refractivity contribution < 1.29 is 14.3 Å². The zero-order valence-corrected chi connectivity index (χ0v) is 24.8. The molecule has 216 valence electrons. The molecule has 8 heteroatoms. The summed E-state index contributed by atoms with van der Waals surface area (Å²) in [6.07, 6.45) is 1.13. The molecule has 0 spiro atoms. The number of hydrogen-bond acceptors (Lipinski definition) is 6. The fraction of sp³-hybridized carbons (Fsp3) is 0.394. The summed E-state index contributed by atoms with van der Waals surface area (Å²) < 4.78 is 5.30. The van der Waals surface area contributed by atoms with Crippen molar-refractivity contribution in [1.29, 1.82) is 0 Å². The van der Waals surface area contributed by atoms with Gasteiger partial charge < -0.3 is 24.8 Å². The van der Waals surface area contributed by atoms with Crippen LogP contribution < -0.4 is 19.9 Å². The van der Waals surface area contributed by atoms with Crippen molar-refractivity contribution in [3.05, 3.63) is 77.9 Å². The predicted octanol–water partition coefficient (Wildman–Crippen LogP) is 5.37. The summed E-state index contributed by atoms with van der Waals surface area (Å²) >= 11 is 0. The van der Waals surface area contributed by atoms with E-state index < -0.39 is 0 Å². The minimum absolute atomic E-state index is 0.0632. The third kappa shape index (κ3) is 6.03. The SMILES string of the molecule is CCC(C)N1CCN(C(=O)c2ccc(Nc3ccc4c(c3)N(Cc3ccc(OC)cc3)C(C)C(=O)N4C)cc2)CC1. The van der Waals surface area contributed by atoms with Crippen LogP contribution in [-0.4, -0.2) is 74.0 Å². The van der Waals surface area contributed by atoms with Gasteiger partial charge in [-0.15, -0.1) is 0 Å². The highest BCUT2D eigenvalue weighted by Crippen LogP contribution is 2.39. The Bertz CT molecular complexity index is 1370. The number of methoxy groups -OCH3 is 1. The van der Waals surface area contributed by atoms with E-state index in [0.717, 1.165) is 66.7 Å². The molecule has 0 aliphatic carbocycles. The second-order valence-electron chi connectivity index (χ2n) is 11.0. The maximum atomic E-state index is 13.1. The maximum absolute atomic E-state index is 13.1. The molecule has 2 unspecified atom stereocenters. The van der Waals surface area contributed by atoms with Gasteiger partial charge in [0, 0.05) is 62.8 Å². The predicted molar refractivity (Wildman–Crippen MR) is 165 cm³/mol. The summed E-state index contributed by atoms with van der Waals surface area (Å²) in [4.78, 5) is 34.5. The smallest absolute Gasteiger partial charge is 0.253 e. The topological polar surface area (TPSA) is 68.4 Å². The first kappa shape index (κ1) is 28.5. The lowest BCUT2D eigenvalue weighted by Crippen LogP contribution is -2.51. The van der Waals surface area contributed by atoms with Crippen LogP contribution in [0.15, 0.2) is 66.7 Å². The molecule has 3 aromatic rings. The average Bonchev–Trinajstić information content (AvgIpc) is 3.02. The number of benzene rings is 3. The summed E-state index contributed by atoms with van der Waals surface area (Å²) in [5.41, 5.74) is 5.49. The van der Waals surface area contributed by atoms with Crippen LogP contribution in [-0.2, 0) is 11.3 Å². The molecule has 2 amide bonds. The number of hydrogen-bond donors (Lipinski definition) is 1. The van der Waals surface area contributed by atoms with Gasteiger partial charge in [0.05, 0.1) is 18.5 Å². The van der Waals surface area contributed by atoms with Crippen LogP contribution in [0.25, 0.3) is 0 Å². The number of fused-ring (bicyclic) bond motifs is 1. The molecule has 2 heterocycles. The molecule has 1 fully saturated rings. The first-order chi connectivity index (χ1) is 19.8. The lowest BCUT2D eigenvalue weighted by Gasteiger charge is -2.40. The number of carbonyl (C=O) groups is 2. The van der Waals surface area contributed by atoms with Crippen molar-refractivity contribution in [3.8, 4) is 5.75 Å². The van der Waals surface area contributed by atoms with Gasteiger partial charge in [0.15, 0.2) is 0 Å². The van der Waals surface area contributed by atoms with Gasteiger partial charge in [-0.1, -0.05) is 19.1 Å². The molecular formula is C33H41N5O3. The van der Waals surface area contributed by atoms with Gasteiger partial charge in [0.25, 0.3) is 5.91 Å². The fourth-order valence-electron chi connectivity index (χ4n) is 5.67. The second-order valence-corrected chi connectivity index (χ2v) is 11.0. The van der Waals surface area contributed by atoms with E-state index in [1.54, 1.807) is 12.0 Å². The first-order valence-corrected chi connectivity index (χ1v) is 14.5. The lowest BCUT2D eigenvalue weighted by molar-refractivity contribution is -0.119. The highest BCUT2D eigenvalue weighted by atomic mass is 16.5. The van der Waals surface area contributed by atoms with Crippen LogP contribution in [0.1, 0.15) is 43.1 Å². The molecule has 5 rings (SSSR count). The Balaban J connectivity index is 1.30. The molecule has 2 aliphatic heterocycles. The van der Waals surface area contributed by atoms with E-state index in [1.165, 1.54) is 0 Å². The van der Waals surface area contributed by atoms with E-state index in [1.807, 2.05) is 79.5 Å². The van der Waals surface area contributed by atoms with Gasteiger partial charge in [-0.05, 0) is 80.4 Å². The first-order valence-electron chi connectivity index (χ1n) is 14.5. The molecule has 0 bridgehead atoms. The monoisotopic (exact) mass is 555 g/mol. The fourth-order valence-corrected chi connectivity index (χ4v) is 5.67. The van der Waals surface area contributed by atoms with Crippen LogP contribution in [0.5, 0.6) is 5.75 Å². The molecule has 2 atom stereocenters. The maximum Gasteiger partial charge on any atom is 0.253 e. The van der Waals surface area contributed by atoms with E-state index in [-0.39, 0.29) is 17.9 Å². The number of nitrogens with one attached hydrogen (secondary N) is 1. The van der Waals surface area contributed by atoms with Crippen molar-refractivity contribution in [2.75, 3.05) is 55.5 Å². The molecule has 1 saturated heterocycles. The summed E-state index contributed by atoms with van der Waals surface area (Å²) in [5.74, 6) is 0.957. The van der Waals surface area contributed by atoms with E-state index in [4.69, 9.17) is 4.74 Å². The van der Waals surface area contributed by atoms with Crippen molar-refractivity contribution in [3.63, 3.8) is 0 Å². The number of anilines is 4. The number of rotatable bonds is 8. The lowest BCUT2D eigenvalue weighted by atomic mass is 10.0. The zero-order chi connectivity index (χ0) is 29.1. The van der Waals surface area contributed by atoms with Gasteiger partial charge in [0.1, 0.15) is 11.8 Å². The van der Waals surface area contributed by atoms with Crippen LogP contribution in [0.3, 0.4) is 0 Å². The molecule has 0 radical (unpaired) electrons. The Kier molecular flexibility index (Phi) is 8.49. The Labute approximate surface area is 243 Å². The summed E-state index contributed by atoms with van der Waals surface area (Å²) in [6, 6.07) is 22.0. The Morgan fingerprint density at radius 2 is 1.61 bits per heavy atom. The van der Waals surface area contributed by atoms with Crippen LogP contribution in [0.4, 0.5) is 22.7 Å². The number of piperazine rings is 1. The molecule has 1 N–H and O–H groups in total. The minimum Gasteiger partial charge on any atom is -0.497 e. The largest absolute Gasteiger partial charge is 0.497 e. The third-order valence-corrected chi connectivity index (χ3v) is 8.55. The molecule has 2 aliphatic rings.